The number of para-hydroxylation sites is 1. The largest absolute Gasteiger partial charge is 0.492 e. The van der Waals surface area contributed by atoms with Gasteiger partial charge in [-0.05, 0) is 12.1 Å². The Balaban J connectivity index is 1.46. The summed E-state index contributed by atoms with van der Waals surface area (Å²) in [5, 5.41) is 14.9. The van der Waals surface area contributed by atoms with E-state index in [1.165, 1.54) is 33.1 Å². The van der Waals surface area contributed by atoms with E-state index < -0.39 is 0 Å². The van der Waals surface area contributed by atoms with Crippen LogP contribution < -0.4 is 9.80 Å². The van der Waals surface area contributed by atoms with Gasteiger partial charge in [0.15, 0.2) is 6.04 Å². The molecule has 1 atom stereocenters. The van der Waals surface area contributed by atoms with Crippen LogP contribution in [0.1, 0.15) is 16.5 Å². The number of thiazole rings is 1. The van der Waals surface area contributed by atoms with Crippen LogP contribution in [0.5, 0.6) is 5.88 Å². The van der Waals surface area contributed by atoms with Crippen molar-refractivity contribution in [2.45, 2.75) is 6.04 Å². The van der Waals surface area contributed by atoms with Crippen molar-refractivity contribution in [2.75, 3.05) is 31.1 Å². The first-order valence-electron chi connectivity index (χ1n) is 9.63. The normalized spacial score (nSPS) is 16.4. The van der Waals surface area contributed by atoms with Crippen LogP contribution in [0.2, 0.25) is 0 Å². The van der Waals surface area contributed by atoms with Crippen LogP contribution in [0, 0.1) is 5.82 Å². The number of nitrogens with zero attached hydrogens (tertiary/aromatic N) is 4. The van der Waals surface area contributed by atoms with Gasteiger partial charge in [-0.3, -0.25) is 0 Å². The molecule has 2 aromatic heterocycles. The fourth-order valence-electron chi connectivity index (χ4n) is 4.13. The maximum Gasteiger partial charge on any atom is 0.235 e. The van der Waals surface area contributed by atoms with E-state index in [0.29, 0.717) is 10.6 Å². The van der Waals surface area contributed by atoms with Gasteiger partial charge in [-0.1, -0.05) is 53.8 Å². The third-order valence-electron chi connectivity index (χ3n) is 5.54. The second kappa shape index (κ2) is 7.46. The average Bonchev–Trinajstić information content (AvgIpc) is 3.34. The Bertz CT molecular complexity index is 1120. The molecule has 0 unspecified atom stereocenters. The van der Waals surface area contributed by atoms with Crippen molar-refractivity contribution in [1.82, 2.24) is 14.6 Å². The molecule has 1 aliphatic heterocycles. The Labute approximate surface area is 171 Å². The van der Waals surface area contributed by atoms with Gasteiger partial charge in [0.2, 0.25) is 10.8 Å². The molecule has 3 heterocycles. The molecule has 2 aromatic carbocycles. The first-order chi connectivity index (χ1) is 14.2. The summed E-state index contributed by atoms with van der Waals surface area (Å²) < 4.78 is 15.7. The van der Waals surface area contributed by atoms with Gasteiger partial charge in [-0.15, -0.1) is 0 Å². The molecule has 148 valence electrons. The molecule has 0 bridgehead atoms. The van der Waals surface area contributed by atoms with Crippen molar-refractivity contribution in [1.29, 1.82) is 0 Å². The van der Waals surface area contributed by atoms with Crippen LogP contribution in [0.25, 0.3) is 4.96 Å². The van der Waals surface area contributed by atoms with Crippen LogP contribution in [0.4, 0.5) is 10.1 Å². The Hall–Kier alpha value is -2.97. The van der Waals surface area contributed by atoms with Gasteiger partial charge >= 0.3 is 0 Å². The fraction of sp³-hybridized carbons (Fsp3) is 0.238. The number of hydrogen-bond acceptors (Lipinski definition) is 5. The summed E-state index contributed by atoms with van der Waals surface area (Å²) in [5.74, 6) is -0.0286. The number of quaternary nitrogens is 1. The van der Waals surface area contributed by atoms with E-state index >= 15 is 0 Å². The molecule has 4 aromatic rings. The number of hydrogen-bond donors (Lipinski definition) is 2. The van der Waals surface area contributed by atoms with Crippen molar-refractivity contribution >= 4 is 22.0 Å². The summed E-state index contributed by atoms with van der Waals surface area (Å²) in [4.78, 5) is 9.22. The predicted octanol–water partition coefficient (Wildman–Crippen LogP) is 2.13. The third kappa shape index (κ3) is 3.24. The van der Waals surface area contributed by atoms with Gasteiger partial charge < -0.3 is 14.9 Å². The van der Waals surface area contributed by atoms with Crippen LogP contribution in [-0.2, 0) is 0 Å². The molecule has 1 fully saturated rings. The van der Waals surface area contributed by atoms with E-state index in [9.17, 15) is 9.50 Å². The lowest BCUT2D eigenvalue weighted by Gasteiger charge is -2.37. The van der Waals surface area contributed by atoms with Crippen molar-refractivity contribution in [3.05, 3.63) is 77.2 Å². The highest BCUT2D eigenvalue weighted by Gasteiger charge is 2.35. The van der Waals surface area contributed by atoms with E-state index in [1.807, 2.05) is 30.3 Å². The Morgan fingerprint density at radius 3 is 2.48 bits per heavy atom. The zero-order valence-electron chi connectivity index (χ0n) is 15.7. The van der Waals surface area contributed by atoms with Crippen molar-refractivity contribution in [3.63, 3.8) is 0 Å². The lowest BCUT2D eigenvalue weighted by molar-refractivity contribution is -0.925. The number of benzene rings is 2. The van der Waals surface area contributed by atoms with Crippen molar-refractivity contribution in [3.8, 4) is 5.88 Å². The molecular weight excluding hydrogens is 389 g/mol. The molecular formula is C21H21FN5OS+. The topological polar surface area (TPSA) is 58.1 Å². The van der Waals surface area contributed by atoms with Crippen LogP contribution in [-0.4, -0.2) is 45.9 Å². The van der Waals surface area contributed by atoms with Gasteiger partial charge in [0.1, 0.15) is 17.0 Å². The number of rotatable bonds is 4. The summed E-state index contributed by atoms with van der Waals surface area (Å²) >= 11 is 1.47. The molecule has 0 aliphatic carbocycles. The van der Waals surface area contributed by atoms with Crippen molar-refractivity contribution < 1.29 is 14.4 Å². The second-order valence-corrected chi connectivity index (χ2v) is 8.19. The summed E-state index contributed by atoms with van der Waals surface area (Å²) in [6, 6.07) is 17.1. The highest BCUT2D eigenvalue weighted by atomic mass is 32.1. The minimum Gasteiger partial charge on any atom is -0.492 e. The zero-order valence-corrected chi connectivity index (χ0v) is 16.5. The number of halogens is 1. The predicted molar refractivity (Wildman–Crippen MR) is 110 cm³/mol. The van der Waals surface area contributed by atoms with Gasteiger partial charge in [0.25, 0.3) is 0 Å². The average molecular weight is 410 g/mol. The van der Waals surface area contributed by atoms with Crippen LogP contribution >= 0.6 is 11.3 Å². The quantitative estimate of drug-likeness (QED) is 0.541. The second-order valence-electron chi connectivity index (χ2n) is 7.18. The molecule has 1 saturated heterocycles. The standard InChI is InChI=1S/C21H20FN5OS/c22-16-8-4-5-9-17(16)25-10-12-26(13-11-25)18(15-6-2-1-3-7-15)19-20(28)27-21(29-19)23-14-24-27/h1-9,14,18,28H,10-13H2/p+1/t18-/m0/s1. The summed E-state index contributed by atoms with van der Waals surface area (Å²) in [6.07, 6.45) is 1.45. The number of aromatic nitrogens is 3. The molecule has 0 spiro atoms. The minimum atomic E-state index is -0.182. The Morgan fingerprint density at radius 1 is 1.03 bits per heavy atom. The van der Waals surface area contributed by atoms with E-state index in [1.54, 1.807) is 6.07 Å². The third-order valence-corrected chi connectivity index (χ3v) is 6.64. The van der Waals surface area contributed by atoms with Gasteiger partial charge in [-0.2, -0.15) is 9.61 Å². The van der Waals surface area contributed by atoms with Crippen molar-refractivity contribution in [2.24, 2.45) is 0 Å². The molecule has 5 rings (SSSR count). The SMILES string of the molecule is Oc1c([C@H](c2ccccc2)[NH+]2CCN(c3ccccc3F)CC2)sc2ncnn12. The van der Waals surface area contributed by atoms with Crippen LogP contribution in [0.3, 0.4) is 0 Å². The molecule has 6 nitrogen and oxygen atoms in total. The van der Waals surface area contributed by atoms with E-state index in [4.69, 9.17) is 0 Å². The lowest BCUT2D eigenvalue weighted by atomic mass is 10.0. The number of fused-ring (bicyclic) bond motifs is 1. The van der Waals surface area contributed by atoms with E-state index in [0.717, 1.165) is 36.6 Å². The van der Waals surface area contributed by atoms with Gasteiger partial charge in [0.05, 0.1) is 31.9 Å². The number of anilines is 1. The smallest absolute Gasteiger partial charge is 0.235 e. The molecule has 29 heavy (non-hydrogen) atoms. The summed E-state index contributed by atoms with van der Waals surface area (Å²) in [6.45, 7) is 3.17. The van der Waals surface area contributed by atoms with E-state index in [-0.39, 0.29) is 17.7 Å². The number of aromatic hydroxyl groups is 1. The zero-order chi connectivity index (χ0) is 19.8. The molecule has 0 amide bonds. The molecule has 0 saturated carbocycles. The highest BCUT2D eigenvalue weighted by Crippen LogP contribution is 2.34. The number of piperazine rings is 1. The molecule has 1 aliphatic rings. The maximum absolute atomic E-state index is 14.2. The lowest BCUT2D eigenvalue weighted by Crippen LogP contribution is -3.15. The molecule has 8 heteroatoms. The first-order valence-corrected chi connectivity index (χ1v) is 10.4. The molecule has 0 radical (unpaired) electrons. The number of nitrogens with one attached hydrogen (secondary N) is 1. The first kappa shape index (κ1) is 18.1. The van der Waals surface area contributed by atoms with E-state index in [2.05, 4.69) is 27.1 Å². The molecule has 2 N–H and O–H groups in total. The monoisotopic (exact) mass is 410 g/mol. The fourth-order valence-corrected chi connectivity index (χ4v) is 5.25. The van der Waals surface area contributed by atoms with Crippen LogP contribution in [0.15, 0.2) is 60.9 Å². The summed E-state index contributed by atoms with van der Waals surface area (Å²) in [5.41, 5.74) is 1.80. The van der Waals surface area contributed by atoms with Gasteiger partial charge in [0, 0.05) is 5.56 Å². The maximum atomic E-state index is 14.2. The van der Waals surface area contributed by atoms with Gasteiger partial charge in [-0.25, -0.2) is 9.37 Å². The Morgan fingerprint density at radius 2 is 1.76 bits per heavy atom. The Kier molecular flexibility index (Phi) is 4.65. The minimum absolute atomic E-state index is 0.0209. The highest BCUT2D eigenvalue weighted by molar-refractivity contribution is 7.17. The summed E-state index contributed by atoms with van der Waals surface area (Å²) in [7, 11) is 0.